The SMILES string of the molecule is F[B-](F)(F)/C=C/c1cncnc1Cl.[K+]. The molecular formula is C6H4BClF3KN2. The molecule has 0 atom stereocenters. The van der Waals surface area contributed by atoms with Crippen LogP contribution in [0.2, 0.25) is 5.15 Å². The largest absolute Gasteiger partial charge is 1.00 e. The molecule has 0 saturated heterocycles. The second-order valence-electron chi connectivity index (χ2n) is 2.25. The van der Waals surface area contributed by atoms with E-state index >= 15 is 0 Å². The minimum atomic E-state index is -4.94. The first-order valence-corrected chi connectivity index (χ1v) is 3.71. The molecule has 0 aliphatic rings. The fourth-order valence-electron chi connectivity index (χ4n) is 0.650. The van der Waals surface area contributed by atoms with Crippen LogP contribution in [0.4, 0.5) is 12.9 Å². The van der Waals surface area contributed by atoms with Crippen LogP contribution in [0.3, 0.4) is 0 Å². The van der Waals surface area contributed by atoms with Crippen molar-refractivity contribution in [3.8, 4) is 0 Å². The zero-order valence-electron chi connectivity index (χ0n) is 7.29. The Labute approximate surface area is 126 Å². The van der Waals surface area contributed by atoms with Gasteiger partial charge in [-0.3, -0.25) is 0 Å². The van der Waals surface area contributed by atoms with Crippen molar-refractivity contribution in [3.63, 3.8) is 0 Å². The van der Waals surface area contributed by atoms with E-state index in [1.165, 1.54) is 12.5 Å². The second-order valence-corrected chi connectivity index (χ2v) is 2.61. The molecule has 0 bridgehead atoms. The topological polar surface area (TPSA) is 25.8 Å². The van der Waals surface area contributed by atoms with Crippen LogP contribution in [-0.2, 0) is 0 Å². The van der Waals surface area contributed by atoms with Crippen LogP contribution in [0.1, 0.15) is 5.56 Å². The van der Waals surface area contributed by atoms with Gasteiger partial charge in [0.05, 0.1) is 0 Å². The fourth-order valence-corrected chi connectivity index (χ4v) is 0.805. The van der Waals surface area contributed by atoms with E-state index in [1.807, 2.05) is 0 Å². The molecule has 0 aliphatic heterocycles. The van der Waals surface area contributed by atoms with Gasteiger partial charge in [0, 0.05) is 11.8 Å². The van der Waals surface area contributed by atoms with E-state index in [-0.39, 0.29) is 68.1 Å². The summed E-state index contributed by atoms with van der Waals surface area (Å²) < 4.78 is 35.3. The maximum absolute atomic E-state index is 11.8. The summed E-state index contributed by atoms with van der Waals surface area (Å²) in [5, 5.41) is 0.00583. The Morgan fingerprint density at radius 1 is 1.36 bits per heavy atom. The molecule has 0 N–H and O–H groups in total. The molecule has 1 rings (SSSR count). The van der Waals surface area contributed by atoms with E-state index in [0.29, 0.717) is 0 Å². The Morgan fingerprint density at radius 2 is 2.00 bits per heavy atom. The van der Waals surface area contributed by atoms with E-state index < -0.39 is 6.98 Å². The summed E-state index contributed by atoms with van der Waals surface area (Å²) in [5.74, 6) is 0.143. The van der Waals surface area contributed by atoms with Crippen LogP contribution < -0.4 is 51.4 Å². The number of halogens is 4. The van der Waals surface area contributed by atoms with Gasteiger partial charge in [-0.1, -0.05) is 17.7 Å². The van der Waals surface area contributed by atoms with Gasteiger partial charge >= 0.3 is 58.4 Å². The van der Waals surface area contributed by atoms with Crippen molar-refractivity contribution in [2.75, 3.05) is 0 Å². The van der Waals surface area contributed by atoms with Gasteiger partial charge < -0.3 is 12.9 Å². The molecule has 0 aliphatic carbocycles. The molecule has 14 heavy (non-hydrogen) atoms. The molecule has 0 fully saturated rings. The smallest absolute Gasteiger partial charge is 0.445 e. The van der Waals surface area contributed by atoms with Gasteiger partial charge in [-0.25, -0.2) is 9.97 Å². The Morgan fingerprint density at radius 3 is 2.50 bits per heavy atom. The second kappa shape index (κ2) is 6.24. The molecule has 0 amide bonds. The Balaban J connectivity index is 0.00000169. The summed E-state index contributed by atoms with van der Waals surface area (Å²) in [6.45, 7) is -4.94. The normalized spacial score (nSPS) is 11.4. The third kappa shape index (κ3) is 5.47. The van der Waals surface area contributed by atoms with Crippen LogP contribution in [0.25, 0.3) is 6.08 Å². The monoisotopic (exact) mass is 246 g/mol. The van der Waals surface area contributed by atoms with Crippen molar-refractivity contribution < 1.29 is 64.3 Å². The number of aromatic nitrogens is 2. The molecule has 0 saturated carbocycles. The van der Waals surface area contributed by atoms with Crippen molar-refractivity contribution in [1.29, 1.82) is 0 Å². The molecule has 0 unspecified atom stereocenters. The first-order valence-electron chi connectivity index (χ1n) is 3.34. The predicted octanol–water partition coefficient (Wildman–Crippen LogP) is -0.466. The van der Waals surface area contributed by atoms with E-state index in [9.17, 15) is 12.9 Å². The van der Waals surface area contributed by atoms with Gasteiger partial charge in [0.25, 0.3) is 0 Å². The average Bonchev–Trinajstić information content (AvgIpc) is 2.01. The van der Waals surface area contributed by atoms with Crippen LogP contribution in [0.15, 0.2) is 18.5 Å². The molecule has 2 nitrogen and oxygen atoms in total. The summed E-state index contributed by atoms with van der Waals surface area (Å²) in [4.78, 5) is 7.06. The van der Waals surface area contributed by atoms with Crippen molar-refractivity contribution in [2.24, 2.45) is 0 Å². The number of rotatable bonds is 2. The van der Waals surface area contributed by atoms with Gasteiger partial charge in [-0.2, -0.15) is 0 Å². The van der Waals surface area contributed by atoms with Crippen molar-refractivity contribution in [2.45, 2.75) is 0 Å². The summed E-state index contributed by atoms with van der Waals surface area (Å²) in [7, 11) is 0. The number of hydrogen-bond donors (Lipinski definition) is 0. The maximum Gasteiger partial charge on any atom is 1.00 e. The molecule has 70 valence electrons. The van der Waals surface area contributed by atoms with Crippen LogP contribution in [0, 0.1) is 0 Å². The third-order valence-corrected chi connectivity index (χ3v) is 1.50. The van der Waals surface area contributed by atoms with Crippen molar-refractivity contribution in [1.82, 2.24) is 9.97 Å². The zero-order valence-corrected chi connectivity index (χ0v) is 11.2. The van der Waals surface area contributed by atoms with Gasteiger partial charge in [-0.05, 0) is 0 Å². The molecule has 8 heteroatoms. The summed E-state index contributed by atoms with van der Waals surface area (Å²) in [6.07, 6.45) is 3.23. The Bertz CT molecular complexity index is 331. The average molecular weight is 246 g/mol. The van der Waals surface area contributed by atoms with Crippen LogP contribution in [0.5, 0.6) is 0 Å². The third-order valence-electron chi connectivity index (χ3n) is 1.18. The molecule has 0 aromatic carbocycles. The zero-order chi connectivity index (χ0) is 9.90. The first-order chi connectivity index (χ1) is 5.99. The molecule has 1 heterocycles. The standard InChI is InChI=1S/C6H4BClF3N2.K/c8-6-5(3-12-4-13-6)1-2-7(9,10)11;/h1-4H;/q-1;+1/b2-1+;. The maximum atomic E-state index is 11.8. The Hall–Kier alpha value is 0.601. The minimum absolute atomic E-state index is 0. The minimum Gasteiger partial charge on any atom is -0.445 e. The number of hydrogen-bond acceptors (Lipinski definition) is 2. The van der Waals surface area contributed by atoms with Gasteiger partial charge in [0.15, 0.2) is 0 Å². The molecular weight excluding hydrogens is 242 g/mol. The van der Waals surface area contributed by atoms with Crippen molar-refractivity contribution >= 4 is 24.7 Å². The summed E-state index contributed by atoms with van der Waals surface area (Å²) >= 11 is 5.49. The van der Waals surface area contributed by atoms with Gasteiger partial charge in [0.1, 0.15) is 11.5 Å². The van der Waals surface area contributed by atoms with Crippen molar-refractivity contribution in [3.05, 3.63) is 29.2 Å². The fraction of sp³-hybridized carbons (Fsp3) is 0. The molecule has 0 spiro atoms. The van der Waals surface area contributed by atoms with E-state index in [4.69, 9.17) is 11.6 Å². The van der Waals surface area contributed by atoms with Gasteiger partial charge in [0.2, 0.25) is 0 Å². The van der Waals surface area contributed by atoms with Gasteiger partial charge in [-0.15, -0.1) is 5.98 Å². The summed E-state index contributed by atoms with van der Waals surface area (Å²) in [5.41, 5.74) is 0.156. The van der Waals surface area contributed by atoms with Crippen LogP contribution >= 0.6 is 11.6 Å². The van der Waals surface area contributed by atoms with E-state index in [1.54, 1.807) is 0 Å². The van der Waals surface area contributed by atoms with E-state index in [0.717, 1.165) is 6.08 Å². The van der Waals surface area contributed by atoms with E-state index in [2.05, 4.69) is 9.97 Å². The Kier molecular flexibility index (Phi) is 6.51. The first kappa shape index (κ1) is 14.6. The molecule has 1 aromatic rings. The number of nitrogens with zero attached hydrogens (tertiary/aromatic N) is 2. The molecule has 0 radical (unpaired) electrons. The summed E-state index contributed by atoms with van der Waals surface area (Å²) in [6, 6.07) is 0. The quantitative estimate of drug-likeness (QED) is 0.521. The predicted molar refractivity (Wildman–Crippen MR) is 45.2 cm³/mol. The molecule has 1 aromatic heterocycles. The van der Waals surface area contributed by atoms with Crippen LogP contribution in [-0.4, -0.2) is 16.9 Å².